The summed E-state index contributed by atoms with van der Waals surface area (Å²) in [5.74, 6) is -0.563. The van der Waals surface area contributed by atoms with Gasteiger partial charge in [-0.3, -0.25) is 14.5 Å². The van der Waals surface area contributed by atoms with Crippen molar-refractivity contribution in [3.05, 3.63) is 59.1 Å². The fraction of sp³-hybridized carbons (Fsp3) is 0.375. The summed E-state index contributed by atoms with van der Waals surface area (Å²) >= 11 is 6.93. The van der Waals surface area contributed by atoms with Crippen molar-refractivity contribution in [3.8, 4) is 0 Å². The van der Waals surface area contributed by atoms with E-state index in [-0.39, 0.29) is 34.3 Å². The van der Waals surface area contributed by atoms with E-state index in [4.69, 9.17) is 11.6 Å². The fourth-order valence-electron chi connectivity index (χ4n) is 4.20. The van der Waals surface area contributed by atoms with Crippen LogP contribution in [0.1, 0.15) is 44.1 Å². The van der Waals surface area contributed by atoms with E-state index >= 15 is 0 Å². The number of nitrogens with zero attached hydrogens (tertiary/aromatic N) is 2. The molecule has 0 aromatic heterocycles. The van der Waals surface area contributed by atoms with E-state index in [9.17, 15) is 18.0 Å². The quantitative estimate of drug-likeness (QED) is 0.579. The number of anilines is 1. The van der Waals surface area contributed by atoms with Gasteiger partial charge < -0.3 is 5.32 Å². The Hall–Kier alpha value is -2.36. The minimum Gasteiger partial charge on any atom is -0.326 e. The topological polar surface area (TPSA) is 95.9 Å². The average molecular weight is 520 g/mol. The number of rotatable bonds is 6. The maximum absolute atomic E-state index is 13.4. The molecule has 10 heteroatoms. The summed E-state index contributed by atoms with van der Waals surface area (Å²) in [4.78, 5) is 27.6. The molecule has 0 spiro atoms. The maximum atomic E-state index is 13.4. The number of aryl methyl sites for hydroxylation is 1. The number of amides is 2. The molecule has 0 unspecified atom stereocenters. The third kappa shape index (κ3) is 5.64. The Labute approximate surface area is 209 Å². The number of hydrogen-bond donors (Lipinski definition) is 1. The molecular formula is C24H26ClN3O4S2. The minimum absolute atomic E-state index is 0.00166. The summed E-state index contributed by atoms with van der Waals surface area (Å²) in [6.07, 6.45) is 4.52. The molecule has 2 amide bonds. The molecule has 34 heavy (non-hydrogen) atoms. The van der Waals surface area contributed by atoms with Crippen molar-refractivity contribution in [2.45, 2.75) is 61.6 Å². The lowest BCUT2D eigenvalue weighted by atomic mass is 9.94. The van der Waals surface area contributed by atoms with Gasteiger partial charge >= 0.3 is 0 Å². The lowest BCUT2D eigenvalue weighted by molar-refractivity contribution is -0.130. The van der Waals surface area contributed by atoms with Gasteiger partial charge in [0.1, 0.15) is 5.25 Å². The first-order valence-electron chi connectivity index (χ1n) is 11.2. The predicted molar refractivity (Wildman–Crippen MR) is 136 cm³/mol. The summed E-state index contributed by atoms with van der Waals surface area (Å²) in [6.45, 7) is 1.89. The van der Waals surface area contributed by atoms with Gasteiger partial charge in [-0.25, -0.2) is 0 Å². The van der Waals surface area contributed by atoms with Gasteiger partial charge in [0, 0.05) is 23.2 Å². The van der Waals surface area contributed by atoms with Crippen LogP contribution in [0.3, 0.4) is 0 Å². The molecule has 1 heterocycles. The number of amidine groups is 1. The molecule has 180 valence electrons. The van der Waals surface area contributed by atoms with Crippen molar-refractivity contribution in [2.24, 2.45) is 4.40 Å². The predicted octanol–water partition coefficient (Wildman–Crippen LogP) is 5.00. The average Bonchev–Trinajstić information content (AvgIpc) is 3.10. The number of halogens is 1. The van der Waals surface area contributed by atoms with Crippen molar-refractivity contribution in [2.75, 3.05) is 5.32 Å². The van der Waals surface area contributed by atoms with E-state index in [0.29, 0.717) is 10.7 Å². The Bertz CT molecular complexity index is 1210. The largest absolute Gasteiger partial charge is 0.326 e. The number of thioether (sulfide) groups is 1. The monoisotopic (exact) mass is 519 g/mol. The van der Waals surface area contributed by atoms with E-state index in [1.165, 1.54) is 29.2 Å². The second-order valence-corrected chi connectivity index (χ2v) is 11.7. The number of sulfonamides is 1. The number of para-hydroxylation sites is 1. The van der Waals surface area contributed by atoms with Gasteiger partial charge in [-0.15, -0.1) is 4.40 Å². The van der Waals surface area contributed by atoms with Crippen molar-refractivity contribution in [1.82, 2.24) is 4.90 Å². The Morgan fingerprint density at radius 3 is 2.47 bits per heavy atom. The van der Waals surface area contributed by atoms with Crippen molar-refractivity contribution >= 4 is 56.1 Å². The van der Waals surface area contributed by atoms with Gasteiger partial charge in [-0.2, -0.15) is 8.42 Å². The van der Waals surface area contributed by atoms with E-state index < -0.39 is 15.3 Å². The molecule has 0 bridgehead atoms. The maximum Gasteiger partial charge on any atom is 0.284 e. The van der Waals surface area contributed by atoms with E-state index in [2.05, 4.69) is 9.71 Å². The second kappa shape index (κ2) is 10.5. The number of hydrogen-bond acceptors (Lipinski definition) is 5. The van der Waals surface area contributed by atoms with Gasteiger partial charge in [-0.1, -0.05) is 60.8 Å². The molecule has 4 rings (SSSR count). The van der Waals surface area contributed by atoms with Crippen molar-refractivity contribution < 1.29 is 18.0 Å². The SMILES string of the molecule is Cc1ccccc1NC(=O)C[C@@H]1SC(=NS(=O)(=O)c2ccc(Cl)cc2)N(C2CCCCC2)C1=O. The Morgan fingerprint density at radius 2 is 1.79 bits per heavy atom. The van der Waals surface area contributed by atoms with Crippen LogP contribution in [0.25, 0.3) is 0 Å². The van der Waals surface area contributed by atoms with E-state index in [1.54, 1.807) is 6.07 Å². The Kier molecular flexibility index (Phi) is 7.64. The van der Waals surface area contributed by atoms with Gasteiger partial charge in [0.25, 0.3) is 10.0 Å². The van der Waals surface area contributed by atoms with Crippen LogP contribution in [-0.4, -0.2) is 41.6 Å². The first kappa shape index (κ1) is 24.8. The molecule has 1 aliphatic heterocycles. The van der Waals surface area contributed by atoms with E-state index in [0.717, 1.165) is 49.4 Å². The Balaban J connectivity index is 1.58. The first-order valence-corrected chi connectivity index (χ1v) is 13.9. The van der Waals surface area contributed by atoms with Crippen molar-refractivity contribution in [1.29, 1.82) is 0 Å². The molecule has 1 N–H and O–H groups in total. The third-order valence-corrected chi connectivity index (χ3v) is 8.81. The van der Waals surface area contributed by atoms with Crippen LogP contribution in [-0.2, 0) is 19.6 Å². The molecule has 2 fully saturated rings. The number of carbonyl (C=O) groups excluding carboxylic acids is 2. The lowest BCUT2D eigenvalue weighted by Gasteiger charge is -2.30. The third-order valence-electron chi connectivity index (χ3n) is 6.01. The van der Waals surface area contributed by atoms with Gasteiger partial charge in [0.2, 0.25) is 11.8 Å². The van der Waals surface area contributed by atoms with Crippen LogP contribution in [0.15, 0.2) is 57.8 Å². The minimum atomic E-state index is -4.05. The molecular weight excluding hydrogens is 494 g/mol. The van der Waals surface area contributed by atoms with Crippen LogP contribution in [0, 0.1) is 6.92 Å². The zero-order valence-corrected chi connectivity index (χ0v) is 21.1. The van der Waals surface area contributed by atoms with Gasteiger partial charge in [-0.05, 0) is 55.7 Å². The zero-order valence-electron chi connectivity index (χ0n) is 18.7. The van der Waals surface area contributed by atoms with Gasteiger partial charge in [0.15, 0.2) is 5.17 Å². The molecule has 1 aliphatic carbocycles. The highest BCUT2D eigenvalue weighted by Crippen LogP contribution is 2.36. The zero-order chi connectivity index (χ0) is 24.3. The summed E-state index contributed by atoms with van der Waals surface area (Å²) in [7, 11) is -4.05. The molecule has 0 radical (unpaired) electrons. The highest BCUT2D eigenvalue weighted by atomic mass is 35.5. The fourth-order valence-corrected chi connectivity index (χ4v) is 6.73. The smallest absolute Gasteiger partial charge is 0.284 e. The summed E-state index contributed by atoms with van der Waals surface area (Å²) in [5.41, 5.74) is 1.60. The van der Waals surface area contributed by atoms with Crippen LogP contribution in [0.2, 0.25) is 5.02 Å². The summed E-state index contributed by atoms with van der Waals surface area (Å²) in [5, 5.41) is 2.68. The van der Waals surface area contributed by atoms with Crippen LogP contribution >= 0.6 is 23.4 Å². The Morgan fingerprint density at radius 1 is 1.12 bits per heavy atom. The molecule has 2 aromatic rings. The standard InChI is InChI=1S/C24H26ClN3O4S2/c1-16-7-5-6-10-20(16)26-22(29)15-21-23(30)28(18-8-3-2-4-9-18)24(33-21)27-34(31,32)19-13-11-17(25)12-14-19/h5-7,10-14,18,21H,2-4,8-9,15H2,1H3,(H,26,29)/t21-/m0/s1. The highest BCUT2D eigenvalue weighted by molar-refractivity contribution is 8.16. The summed E-state index contributed by atoms with van der Waals surface area (Å²) < 4.78 is 30.0. The molecule has 2 aromatic carbocycles. The molecule has 7 nitrogen and oxygen atoms in total. The number of nitrogens with one attached hydrogen (secondary N) is 1. The van der Waals surface area contributed by atoms with E-state index in [1.807, 2.05) is 25.1 Å². The highest BCUT2D eigenvalue weighted by Gasteiger charge is 2.43. The molecule has 1 saturated carbocycles. The van der Waals surface area contributed by atoms with Gasteiger partial charge in [0.05, 0.1) is 4.90 Å². The number of carbonyl (C=O) groups is 2. The van der Waals surface area contributed by atoms with Crippen LogP contribution < -0.4 is 5.32 Å². The lowest BCUT2D eigenvalue weighted by Crippen LogP contribution is -2.42. The number of benzene rings is 2. The summed E-state index contributed by atoms with van der Waals surface area (Å²) in [6, 6.07) is 13.0. The molecule has 2 aliphatic rings. The van der Waals surface area contributed by atoms with Crippen LogP contribution in [0.4, 0.5) is 5.69 Å². The molecule has 1 atom stereocenters. The first-order chi connectivity index (χ1) is 16.2. The normalized spacial score (nSPS) is 20.6. The second-order valence-electron chi connectivity index (χ2n) is 8.48. The van der Waals surface area contributed by atoms with Crippen molar-refractivity contribution in [3.63, 3.8) is 0 Å². The van der Waals surface area contributed by atoms with Crippen LogP contribution in [0.5, 0.6) is 0 Å². The molecule has 1 saturated heterocycles.